The van der Waals surface area contributed by atoms with Gasteiger partial charge in [0.05, 0.1) is 11.2 Å². The van der Waals surface area contributed by atoms with Crippen LogP contribution in [-0.2, 0) is 24.8 Å². The van der Waals surface area contributed by atoms with E-state index in [4.69, 9.17) is 0 Å². The van der Waals surface area contributed by atoms with E-state index in [9.17, 15) is 21.6 Å². The van der Waals surface area contributed by atoms with E-state index in [2.05, 4.69) is 9.71 Å². The molecule has 1 aromatic carbocycles. The summed E-state index contributed by atoms with van der Waals surface area (Å²) < 4.78 is 51.6. The molecule has 2 aliphatic rings. The van der Waals surface area contributed by atoms with Crippen LogP contribution in [0.4, 0.5) is 0 Å². The van der Waals surface area contributed by atoms with Crippen molar-refractivity contribution in [2.24, 2.45) is 10.9 Å². The van der Waals surface area contributed by atoms with E-state index in [1.807, 2.05) is 13.8 Å². The van der Waals surface area contributed by atoms with E-state index in [1.165, 1.54) is 10.4 Å². The summed E-state index contributed by atoms with van der Waals surface area (Å²) in [6.07, 6.45) is 1.15. The monoisotopic (exact) mass is 428 g/mol. The zero-order valence-electron chi connectivity index (χ0n) is 16.0. The number of nitrogens with one attached hydrogen (secondary N) is 1. The lowest BCUT2D eigenvalue weighted by atomic mass is 10.0. The second-order valence-corrected chi connectivity index (χ2v) is 10.9. The number of carbonyl (C=O) groups excluding carboxylic acids is 1. The minimum absolute atomic E-state index is 0.144. The summed E-state index contributed by atoms with van der Waals surface area (Å²) in [7, 11) is -6.96. The van der Waals surface area contributed by atoms with Gasteiger partial charge in [-0.3, -0.25) is 14.5 Å². The average Bonchev–Trinajstić information content (AvgIpc) is 2.89. The van der Waals surface area contributed by atoms with Crippen LogP contribution in [0.25, 0.3) is 0 Å². The second-order valence-electron chi connectivity index (χ2n) is 7.26. The Balaban J connectivity index is 1.84. The quantitative estimate of drug-likeness (QED) is 0.716. The number of benzene rings is 1. The summed E-state index contributed by atoms with van der Waals surface area (Å²) in [4.78, 5) is 19.2. The largest absolute Gasteiger partial charge is 0.338 e. The molecule has 0 saturated carbocycles. The highest BCUT2D eigenvalue weighted by molar-refractivity contribution is 7.90. The number of hydrogen-bond acceptors (Lipinski definition) is 6. The van der Waals surface area contributed by atoms with Crippen LogP contribution >= 0.6 is 0 Å². The molecule has 0 radical (unpaired) electrons. The van der Waals surface area contributed by atoms with E-state index in [1.54, 1.807) is 23.1 Å². The van der Waals surface area contributed by atoms with Gasteiger partial charge in [-0.05, 0) is 18.1 Å². The Kier molecular flexibility index (Phi) is 5.52. The Labute approximate surface area is 165 Å². The van der Waals surface area contributed by atoms with Crippen molar-refractivity contribution in [1.82, 2.24) is 13.9 Å². The SMILES string of the molecule is CC(C)[C@H](N=C1NS(=O)(=O)c2ccccc21)C(=O)N1CCN(S(C)(=O)=O)CC1. The van der Waals surface area contributed by atoms with Crippen LogP contribution in [-0.4, -0.2) is 76.3 Å². The molecular formula is C17H24N4O5S2. The van der Waals surface area contributed by atoms with Crippen LogP contribution in [0.5, 0.6) is 0 Å². The highest BCUT2D eigenvalue weighted by Crippen LogP contribution is 2.24. The summed E-state index contributed by atoms with van der Waals surface area (Å²) >= 11 is 0. The average molecular weight is 429 g/mol. The van der Waals surface area contributed by atoms with E-state index in [0.29, 0.717) is 5.56 Å². The molecule has 1 amide bonds. The molecule has 0 spiro atoms. The third kappa shape index (κ3) is 4.06. The molecule has 0 aromatic heterocycles. The minimum atomic E-state index is -3.68. The van der Waals surface area contributed by atoms with Crippen LogP contribution in [0, 0.1) is 5.92 Å². The third-order valence-corrected chi connectivity index (χ3v) is 7.54. The first kappa shape index (κ1) is 20.7. The Morgan fingerprint density at radius 3 is 2.32 bits per heavy atom. The van der Waals surface area contributed by atoms with Crippen LogP contribution < -0.4 is 4.72 Å². The molecule has 1 saturated heterocycles. The fraction of sp³-hybridized carbons (Fsp3) is 0.529. The van der Waals surface area contributed by atoms with Gasteiger partial charge in [0.2, 0.25) is 15.9 Å². The predicted molar refractivity (Wildman–Crippen MR) is 105 cm³/mol. The van der Waals surface area contributed by atoms with Crippen LogP contribution in [0.2, 0.25) is 0 Å². The summed E-state index contributed by atoms with van der Waals surface area (Å²) in [5.74, 6) is -0.234. The summed E-state index contributed by atoms with van der Waals surface area (Å²) in [6, 6.07) is 5.73. The number of hydrogen-bond donors (Lipinski definition) is 1. The van der Waals surface area contributed by atoms with Gasteiger partial charge in [0.15, 0.2) is 0 Å². The molecule has 3 rings (SSSR count). The molecular weight excluding hydrogens is 404 g/mol. The number of nitrogens with zero attached hydrogens (tertiary/aromatic N) is 3. The number of aliphatic imine (C=N–C) groups is 1. The fourth-order valence-electron chi connectivity index (χ4n) is 3.29. The standard InChI is InChI=1S/C17H24N4O5S2/c1-12(2)15(17(22)20-8-10-21(11-9-20)27(3,23)24)18-16-13-6-4-5-7-14(13)28(25,26)19-16/h4-7,12,15H,8-11H2,1-3H3,(H,18,19)/t15-/m0/s1. The van der Waals surface area contributed by atoms with E-state index in [-0.39, 0.29) is 48.7 Å². The molecule has 1 fully saturated rings. The van der Waals surface area contributed by atoms with Crippen molar-refractivity contribution in [3.05, 3.63) is 29.8 Å². The van der Waals surface area contributed by atoms with E-state index >= 15 is 0 Å². The second kappa shape index (κ2) is 7.45. The third-order valence-electron chi connectivity index (χ3n) is 4.83. The Bertz CT molecular complexity index is 1010. The number of piperazine rings is 1. The lowest BCUT2D eigenvalue weighted by Gasteiger charge is -2.35. The molecule has 1 aromatic rings. The van der Waals surface area contributed by atoms with Crippen molar-refractivity contribution in [3.8, 4) is 0 Å². The van der Waals surface area contributed by atoms with Crippen LogP contribution in [0.15, 0.2) is 34.2 Å². The topological polar surface area (TPSA) is 116 Å². The van der Waals surface area contributed by atoms with Gasteiger partial charge in [0, 0.05) is 31.7 Å². The number of rotatable bonds is 4. The maximum absolute atomic E-state index is 13.0. The maximum atomic E-state index is 13.0. The summed E-state index contributed by atoms with van der Waals surface area (Å²) in [5.41, 5.74) is 0.447. The molecule has 1 atom stereocenters. The summed E-state index contributed by atoms with van der Waals surface area (Å²) in [6.45, 7) is 4.72. The van der Waals surface area contributed by atoms with Crippen molar-refractivity contribution in [2.45, 2.75) is 24.8 Å². The van der Waals surface area contributed by atoms with Crippen molar-refractivity contribution >= 4 is 31.8 Å². The maximum Gasteiger partial charge on any atom is 0.263 e. The fourth-order valence-corrected chi connectivity index (χ4v) is 5.35. The van der Waals surface area contributed by atoms with Gasteiger partial charge in [-0.1, -0.05) is 26.0 Å². The summed E-state index contributed by atoms with van der Waals surface area (Å²) in [5, 5.41) is 0. The number of sulfonamides is 2. The molecule has 2 aliphatic heterocycles. The molecule has 0 bridgehead atoms. The molecule has 9 nitrogen and oxygen atoms in total. The normalized spacial score (nSPS) is 22.1. The van der Waals surface area contributed by atoms with Gasteiger partial charge in [-0.15, -0.1) is 0 Å². The highest BCUT2D eigenvalue weighted by Gasteiger charge is 2.35. The van der Waals surface area contributed by atoms with Gasteiger partial charge < -0.3 is 4.90 Å². The van der Waals surface area contributed by atoms with Gasteiger partial charge in [-0.25, -0.2) is 16.8 Å². The molecule has 0 aliphatic carbocycles. The highest BCUT2D eigenvalue weighted by atomic mass is 32.2. The zero-order valence-corrected chi connectivity index (χ0v) is 17.6. The van der Waals surface area contributed by atoms with E-state index in [0.717, 1.165) is 6.26 Å². The van der Waals surface area contributed by atoms with Crippen molar-refractivity contribution in [1.29, 1.82) is 0 Å². The van der Waals surface area contributed by atoms with Crippen molar-refractivity contribution in [2.75, 3.05) is 32.4 Å². The Hall–Kier alpha value is -1.98. The van der Waals surface area contributed by atoms with Gasteiger partial charge in [0.25, 0.3) is 10.0 Å². The van der Waals surface area contributed by atoms with Gasteiger partial charge >= 0.3 is 0 Å². The number of fused-ring (bicyclic) bond motifs is 1. The number of amidine groups is 1. The molecule has 154 valence electrons. The van der Waals surface area contributed by atoms with Crippen molar-refractivity contribution in [3.63, 3.8) is 0 Å². The van der Waals surface area contributed by atoms with Crippen LogP contribution in [0.3, 0.4) is 0 Å². The smallest absolute Gasteiger partial charge is 0.263 e. The molecule has 11 heteroatoms. The first-order valence-electron chi connectivity index (χ1n) is 8.94. The Morgan fingerprint density at radius 2 is 1.75 bits per heavy atom. The van der Waals surface area contributed by atoms with Gasteiger partial charge in [0.1, 0.15) is 11.9 Å². The zero-order chi connectivity index (χ0) is 20.7. The van der Waals surface area contributed by atoms with E-state index < -0.39 is 26.1 Å². The first-order chi connectivity index (χ1) is 13.0. The predicted octanol–water partition coefficient (Wildman–Crippen LogP) is -0.146. The van der Waals surface area contributed by atoms with Gasteiger partial charge in [-0.2, -0.15) is 4.31 Å². The number of amides is 1. The molecule has 28 heavy (non-hydrogen) atoms. The molecule has 0 unspecified atom stereocenters. The number of carbonyl (C=O) groups is 1. The Morgan fingerprint density at radius 1 is 1.14 bits per heavy atom. The molecule has 2 heterocycles. The molecule has 1 N–H and O–H groups in total. The first-order valence-corrected chi connectivity index (χ1v) is 12.3. The van der Waals surface area contributed by atoms with Crippen molar-refractivity contribution < 1.29 is 21.6 Å². The van der Waals surface area contributed by atoms with Crippen LogP contribution in [0.1, 0.15) is 19.4 Å². The minimum Gasteiger partial charge on any atom is -0.338 e. The lowest BCUT2D eigenvalue weighted by Crippen LogP contribution is -2.53. The lowest BCUT2D eigenvalue weighted by molar-refractivity contribution is -0.134.